The number of thiazole rings is 1. The molecule has 0 atom stereocenters. The van der Waals surface area contributed by atoms with Crippen LogP contribution < -0.4 is 5.32 Å². The van der Waals surface area contributed by atoms with E-state index in [0.717, 1.165) is 16.3 Å². The Morgan fingerprint density at radius 2 is 2.06 bits per heavy atom. The maximum absolute atomic E-state index is 12.1. The topological polar surface area (TPSA) is 62.2 Å². The number of carbonyl (C=O) groups is 1. The Kier molecular flexibility index (Phi) is 3.34. The summed E-state index contributed by atoms with van der Waals surface area (Å²) in [6.45, 7) is 5.53. The van der Waals surface area contributed by atoms with Gasteiger partial charge in [0.05, 0.1) is 10.7 Å². The second-order valence-electron chi connectivity index (χ2n) is 4.10. The van der Waals surface area contributed by atoms with Gasteiger partial charge in [-0.05, 0) is 44.5 Å². The highest BCUT2D eigenvalue weighted by atomic mass is 32.1. The van der Waals surface area contributed by atoms with Crippen molar-refractivity contribution >= 4 is 22.9 Å². The van der Waals surface area contributed by atoms with Crippen LogP contribution in [0.2, 0.25) is 0 Å². The summed E-state index contributed by atoms with van der Waals surface area (Å²) >= 11 is 1.38. The average Bonchev–Trinajstić information content (AvgIpc) is 2.62. The van der Waals surface area contributed by atoms with Crippen LogP contribution in [0.1, 0.15) is 25.9 Å². The predicted octanol–water partition coefficient (Wildman–Crippen LogP) is 3.03. The number of nitrogens with one attached hydrogen (secondary N) is 1. The van der Waals surface area contributed by atoms with Crippen LogP contribution in [-0.4, -0.2) is 16.0 Å². The lowest BCUT2D eigenvalue weighted by Crippen LogP contribution is -2.12. The van der Waals surface area contributed by atoms with Crippen LogP contribution in [0.15, 0.2) is 18.2 Å². The van der Waals surface area contributed by atoms with Gasteiger partial charge in [-0.15, -0.1) is 11.3 Å². The highest BCUT2D eigenvalue weighted by molar-refractivity contribution is 7.13. The Bertz CT molecular complexity index is 605. The molecule has 1 aromatic heterocycles. The number of benzene rings is 1. The van der Waals surface area contributed by atoms with E-state index in [2.05, 4.69) is 10.3 Å². The molecule has 0 spiro atoms. The molecule has 1 heterocycles. The molecule has 2 rings (SSSR count). The van der Waals surface area contributed by atoms with E-state index in [1.807, 2.05) is 20.8 Å². The molecule has 0 aliphatic rings. The fourth-order valence-electron chi connectivity index (χ4n) is 1.71. The van der Waals surface area contributed by atoms with E-state index in [9.17, 15) is 9.90 Å². The van der Waals surface area contributed by atoms with Gasteiger partial charge < -0.3 is 10.4 Å². The van der Waals surface area contributed by atoms with Crippen molar-refractivity contribution in [2.24, 2.45) is 0 Å². The van der Waals surface area contributed by atoms with Gasteiger partial charge in [-0.2, -0.15) is 0 Å². The van der Waals surface area contributed by atoms with Gasteiger partial charge in [-0.25, -0.2) is 4.98 Å². The minimum atomic E-state index is -0.160. The molecule has 2 aromatic rings. The first kappa shape index (κ1) is 12.6. The van der Waals surface area contributed by atoms with Crippen molar-refractivity contribution in [2.75, 3.05) is 5.32 Å². The number of phenols is 1. The minimum absolute atomic E-state index is 0.160. The smallest absolute Gasteiger partial charge is 0.267 e. The number of amides is 1. The molecule has 0 fully saturated rings. The van der Waals surface area contributed by atoms with Crippen molar-refractivity contribution in [2.45, 2.75) is 20.8 Å². The summed E-state index contributed by atoms with van der Waals surface area (Å²) in [6, 6.07) is 4.85. The first-order chi connectivity index (χ1) is 8.47. The zero-order chi connectivity index (χ0) is 13.3. The van der Waals surface area contributed by atoms with Gasteiger partial charge in [0, 0.05) is 5.69 Å². The van der Waals surface area contributed by atoms with Crippen LogP contribution in [-0.2, 0) is 0 Å². The molecule has 1 aromatic carbocycles. The summed E-state index contributed by atoms with van der Waals surface area (Å²) in [6.07, 6.45) is 0. The maximum atomic E-state index is 12.1. The van der Waals surface area contributed by atoms with Gasteiger partial charge in [0.2, 0.25) is 0 Å². The number of aromatic hydroxyl groups is 1. The maximum Gasteiger partial charge on any atom is 0.267 e. The molecular formula is C13H14N2O2S. The van der Waals surface area contributed by atoms with Gasteiger partial charge in [0.25, 0.3) is 5.91 Å². The Balaban J connectivity index is 2.24. The van der Waals surface area contributed by atoms with Crippen LogP contribution in [0.3, 0.4) is 0 Å². The fraction of sp³-hybridized carbons (Fsp3) is 0.231. The van der Waals surface area contributed by atoms with Gasteiger partial charge >= 0.3 is 0 Å². The lowest BCUT2D eigenvalue weighted by atomic mass is 10.2. The number of rotatable bonds is 2. The average molecular weight is 262 g/mol. The zero-order valence-corrected chi connectivity index (χ0v) is 11.3. The molecule has 1 amide bonds. The quantitative estimate of drug-likeness (QED) is 0.818. The Hall–Kier alpha value is -1.88. The van der Waals surface area contributed by atoms with E-state index in [1.165, 1.54) is 11.3 Å². The summed E-state index contributed by atoms with van der Waals surface area (Å²) in [7, 11) is 0. The Morgan fingerprint density at radius 3 is 2.61 bits per heavy atom. The second kappa shape index (κ2) is 4.78. The summed E-state index contributed by atoms with van der Waals surface area (Å²) in [5, 5.41) is 13.0. The molecule has 2 N–H and O–H groups in total. The molecule has 4 nitrogen and oxygen atoms in total. The number of hydrogen-bond donors (Lipinski definition) is 2. The van der Waals surface area contributed by atoms with Crippen molar-refractivity contribution in [1.82, 2.24) is 4.98 Å². The van der Waals surface area contributed by atoms with Crippen LogP contribution in [0.5, 0.6) is 5.75 Å². The third-order valence-corrected chi connectivity index (χ3v) is 3.64. The molecule has 0 unspecified atom stereocenters. The van der Waals surface area contributed by atoms with Crippen molar-refractivity contribution in [1.29, 1.82) is 0 Å². The SMILES string of the molecule is Cc1nc(C)c(C(=O)Nc2ccc(O)cc2C)s1. The summed E-state index contributed by atoms with van der Waals surface area (Å²) in [5.74, 6) is 0.0298. The number of anilines is 1. The Labute approximate surface area is 109 Å². The van der Waals surface area contributed by atoms with E-state index in [1.54, 1.807) is 18.2 Å². The van der Waals surface area contributed by atoms with Crippen molar-refractivity contribution in [3.8, 4) is 5.75 Å². The molecule has 0 aliphatic carbocycles. The lowest BCUT2D eigenvalue weighted by molar-refractivity contribution is 0.102. The molecule has 0 saturated heterocycles. The first-order valence-electron chi connectivity index (χ1n) is 5.52. The molecular weight excluding hydrogens is 248 g/mol. The normalized spacial score (nSPS) is 10.4. The van der Waals surface area contributed by atoms with Crippen LogP contribution in [0.25, 0.3) is 0 Å². The number of aryl methyl sites for hydroxylation is 3. The van der Waals surface area contributed by atoms with Crippen molar-refractivity contribution < 1.29 is 9.90 Å². The van der Waals surface area contributed by atoms with E-state index in [-0.39, 0.29) is 11.7 Å². The van der Waals surface area contributed by atoms with E-state index in [0.29, 0.717) is 10.6 Å². The second-order valence-corrected chi connectivity index (χ2v) is 5.30. The third-order valence-electron chi connectivity index (χ3n) is 2.57. The standard InChI is InChI=1S/C13H14N2O2S/c1-7-6-10(16)4-5-11(7)15-13(17)12-8(2)14-9(3)18-12/h4-6,16H,1-3H3,(H,15,17). The highest BCUT2D eigenvalue weighted by Crippen LogP contribution is 2.23. The van der Waals surface area contributed by atoms with Crippen molar-refractivity contribution in [3.05, 3.63) is 39.3 Å². The van der Waals surface area contributed by atoms with E-state index < -0.39 is 0 Å². The number of carbonyl (C=O) groups excluding carboxylic acids is 1. The predicted molar refractivity (Wildman–Crippen MR) is 72.4 cm³/mol. The Morgan fingerprint density at radius 1 is 1.33 bits per heavy atom. The van der Waals surface area contributed by atoms with E-state index >= 15 is 0 Å². The summed E-state index contributed by atoms with van der Waals surface area (Å²) in [4.78, 5) is 16.9. The van der Waals surface area contributed by atoms with E-state index in [4.69, 9.17) is 0 Å². The van der Waals surface area contributed by atoms with Crippen LogP contribution >= 0.6 is 11.3 Å². The summed E-state index contributed by atoms with van der Waals surface area (Å²) < 4.78 is 0. The molecule has 0 radical (unpaired) electrons. The number of aromatic nitrogens is 1. The largest absolute Gasteiger partial charge is 0.508 e. The minimum Gasteiger partial charge on any atom is -0.508 e. The molecule has 94 valence electrons. The van der Waals surface area contributed by atoms with Gasteiger partial charge in [-0.3, -0.25) is 4.79 Å². The number of phenolic OH excluding ortho intramolecular Hbond substituents is 1. The number of nitrogens with zero attached hydrogens (tertiary/aromatic N) is 1. The van der Waals surface area contributed by atoms with Crippen LogP contribution in [0, 0.1) is 20.8 Å². The first-order valence-corrected chi connectivity index (χ1v) is 6.34. The molecule has 5 heteroatoms. The zero-order valence-electron chi connectivity index (χ0n) is 10.4. The molecule has 0 aliphatic heterocycles. The fourth-order valence-corrected chi connectivity index (χ4v) is 2.52. The van der Waals surface area contributed by atoms with Crippen molar-refractivity contribution in [3.63, 3.8) is 0 Å². The molecule has 0 saturated carbocycles. The highest BCUT2D eigenvalue weighted by Gasteiger charge is 2.14. The molecule has 0 bridgehead atoms. The van der Waals surface area contributed by atoms with Gasteiger partial charge in [0.15, 0.2) is 0 Å². The monoisotopic (exact) mass is 262 g/mol. The number of hydrogen-bond acceptors (Lipinski definition) is 4. The summed E-state index contributed by atoms with van der Waals surface area (Å²) in [5.41, 5.74) is 2.26. The van der Waals surface area contributed by atoms with Crippen LogP contribution in [0.4, 0.5) is 5.69 Å². The lowest BCUT2D eigenvalue weighted by Gasteiger charge is -2.07. The van der Waals surface area contributed by atoms with Gasteiger partial charge in [0.1, 0.15) is 10.6 Å². The molecule has 18 heavy (non-hydrogen) atoms. The third kappa shape index (κ3) is 2.51. The van der Waals surface area contributed by atoms with Gasteiger partial charge in [-0.1, -0.05) is 0 Å².